The van der Waals surface area contributed by atoms with Gasteiger partial charge in [0, 0.05) is 12.0 Å². The summed E-state index contributed by atoms with van der Waals surface area (Å²) in [4.78, 5) is 37.2. The molecule has 2 amide bonds. The summed E-state index contributed by atoms with van der Waals surface area (Å²) < 4.78 is 5.25. The van der Waals surface area contributed by atoms with Gasteiger partial charge in [-0.3, -0.25) is 14.4 Å². The van der Waals surface area contributed by atoms with Crippen LogP contribution in [0.4, 0.5) is 5.69 Å². The fourth-order valence-electron chi connectivity index (χ4n) is 3.43. The molecule has 2 rings (SSSR count). The lowest BCUT2D eigenvalue weighted by atomic mass is 9.82. The molecule has 1 aromatic carbocycles. The van der Waals surface area contributed by atoms with E-state index in [1.807, 2.05) is 26.8 Å². The van der Waals surface area contributed by atoms with E-state index in [-0.39, 0.29) is 17.9 Å². The molecule has 0 heterocycles. The summed E-state index contributed by atoms with van der Waals surface area (Å²) in [6.45, 7) is 5.19. The molecule has 0 unspecified atom stereocenters. The third kappa shape index (κ3) is 5.81. The van der Waals surface area contributed by atoms with Crippen molar-refractivity contribution in [2.45, 2.75) is 58.4 Å². The minimum Gasteiger partial charge on any atom is -0.455 e. The van der Waals surface area contributed by atoms with Crippen LogP contribution in [0, 0.1) is 16.7 Å². The van der Waals surface area contributed by atoms with Gasteiger partial charge in [0.15, 0.2) is 6.61 Å². The molecular weight excluding hydrogens is 358 g/mol. The number of benzene rings is 1. The van der Waals surface area contributed by atoms with Crippen LogP contribution in [0.25, 0.3) is 0 Å². The number of hydrogen-bond acceptors (Lipinski definition) is 5. The van der Waals surface area contributed by atoms with Crippen LogP contribution in [0.1, 0.15) is 58.4 Å². The summed E-state index contributed by atoms with van der Waals surface area (Å²) in [5.74, 6) is -1.24. The van der Waals surface area contributed by atoms with Crippen LogP contribution in [-0.4, -0.2) is 29.9 Å². The maximum Gasteiger partial charge on any atom is 0.313 e. The van der Waals surface area contributed by atoms with Gasteiger partial charge in [-0.15, -0.1) is 0 Å². The number of esters is 1. The molecule has 1 fully saturated rings. The van der Waals surface area contributed by atoms with Crippen molar-refractivity contribution in [1.82, 2.24) is 5.32 Å². The zero-order valence-electron chi connectivity index (χ0n) is 16.6. The summed E-state index contributed by atoms with van der Waals surface area (Å²) in [5.41, 5.74) is -0.561. The Morgan fingerprint density at radius 3 is 2.39 bits per heavy atom. The van der Waals surface area contributed by atoms with Gasteiger partial charge >= 0.3 is 5.97 Å². The first-order chi connectivity index (χ1) is 13.1. The molecule has 0 aromatic heterocycles. The number of para-hydroxylation sites is 1. The van der Waals surface area contributed by atoms with Crippen LogP contribution in [0.15, 0.2) is 24.3 Å². The number of nitriles is 1. The van der Waals surface area contributed by atoms with Crippen molar-refractivity contribution in [2.24, 2.45) is 5.41 Å². The van der Waals surface area contributed by atoms with Gasteiger partial charge in [-0.05, 0) is 45.7 Å². The third-order valence-electron chi connectivity index (χ3n) is 4.66. The lowest BCUT2D eigenvalue weighted by Gasteiger charge is -2.28. The largest absolute Gasteiger partial charge is 0.455 e. The minimum atomic E-state index is -0.875. The van der Waals surface area contributed by atoms with E-state index in [0.29, 0.717) is 24.1 Å². The lowest BCUT2D eigenvalue weighted by Crippen LogP contribution is -2.44. The van der Waals surface area contributed by atoms with Crippen molar-refractivity contribution in [2.75, 3.05) is 11.9 Å². The zero-order chi connectivity index (χ0) is 20.8. The Morgan fingerprint density at radius 1 is 1.14 bits per heavy atom. The molecule has 2 N–H and O–H groups in total. The van der Waals surface area contributed by atoms with Crippen LogP contribution >= 0.6 is 0 Å². The highest BCUT2D eigenvalue weighted by Crippen LogP contribution is 2.42. The minimum absolute atomic E-state index is 0.0575. The predicted molar refractivity (Wildman–Crippen MR) is 104 cm³/mol. The highest BCUT2D eigenvalue weighted by atomic mass is 16.5. The summed E-state index contributed by atoms with van der Waals surface area (Å²) in [6.07, 6.45) is 2.89. The number of carbonyl (C=O) groups excluding carboxylic acids is 3. The van der Waals surface area contributed by atoms with Crippen LogP contribution in [-0.2, 0) is 19.1 Å². The number of hydrogen-bond donors (Lipinski definition) is 2. The Labute approximate surface area is 165 Å². The highest BCUT2D eigenvalue weighted by molar-refractivity contribution is 5.94. The van der Waals surface area contributed by atoms with E-state index in [1.54, 1.807) is 24.3 Å². The molecule has 0 atom stereocenters. The Morgan fingerprint density at radius 2 is 1.79 bits per heavy atom. The number of nitrogens with one attached hydrogen (secondary N) is 2. The zero-order valence-corrected chi connectivity index (χ0v) is 16.6. The van der Waals surface area contributed by atoms with E-state index in [9.17, 15) is 14.4 Å². The molecule has 0 radical (unpaired) electrons. The van der Waals surface area contributed by atoms with Crippen LogP contribution in [0.2, 0.25) is 0 Å². The van der Waals surface area contributed by atoms with Gasteiger partial charge in [0.25, 0.3) is 5.91 Å². The van der Waals surface area contributed by atoms with Crippen molar-refractivity contribution >= 4 is 23.5 Å². The lowest BCUT2D eigenvalue weighted by molar-refractivity contribution is -0.160. The molecule has 0 spiro atoms. The molecule has 28 heavy (non-hydrogen) atoms. The van der Waals surface area contributed by atoms with E-state index in [2.05, 4.69) is 10.6 Å². The quantitative estimate of drug-likeness (QED) is 0.732. The Kier molecular flexibility index (Phi) is 6.79. The molecule has 1 aliphatic rings. The number of rotatable bonds is 6. The van der Waals surface area contributed by atoms with E-state index in [4.69, 9.17) is 10.00 Å². The van der Waals surface area contributed by atoms with Crippen molar-refractivity contribution in [3.8, 4) is 6.07 Å². The molecule has 0 bridgehead atoms. The molecule has 1 aromatic rings. The number of carbonyl (C=O) groups is 3. The SMILES string of the molecule is CC(C)(C)NC(=O)CC1(C(=O)OCC(=O)Nc2ccccc2C#N)CCCC1. The van der Waals surface area contributed by atoms with Crippen molar-refractivity contribution in [1.29, 1.82) is 5.26 Å². The van der Waals surface area contributed by atoms with E-state index in [0.717, 1.165) is 12.8 Å². The first kappa shape index (κ1) is 21.4. The molecule has 0 saturated heterocycles. The van der Waals surface area contributed by atoms with Crippen molar-refractivity contribution < 1.29 is 19.1 Å². The van der Waals surface area contributed by atoms with Gasteiger partial charge < -0.3 is 15.4 Å². The third-order valence-corrected chi connectivity index (χ3v) is 4.66. The van der Waals surface area contributed by atoms with Gasteiger partial charge in [0.1, 0.15) is 6.07 Å². The molecule has 150 valence electrons. The summed E-state index contributed by atoms with van der Waals surface area (Å²) in [6, 6.07) is 8.57. The highest BCUT2D eigenvalue weighted by Gasteiger charge is 2.44. The molecule has 7 nitrogen and oxygen atoms in total. The number of anilines is 1. The average Bonchev–Trinajstić information content (AvgIpc) is 3.08. The fourth-order valence-corrected chi connectivity index (χ4v) is 3.43. The smallest absolute Gasteiger partial charge is 0.313 e. The van der Waals surface area contributed by atoms with E-state index in [1.165, 1.54) is 0 Å². The summed E-state index contributed by atoms with van der Waals surface area (Å²) in [7, 11) is 0. The second-order valence-corrected chi connectivity index (χ2v) is 8.24. The first-order valence-electron chi connectivity index (χ1n) is 9.42. The standard InChI is InChI=1S/C21H27N3O4/c1-20(2,3)24-17(25)12-21(10-6-7-11-21)19(27)28-14-18(26)23-16-9-5-4-8-15(16)13-22/h4-5,8-9H,6-7,10-12,14H2,1-3H3,(H,23,26)(H,24,25). The van der Waals surface area contributed by atoms with Crippen molar-refractivity contribution in [3.63, 3.8) is 0 Å². The molecule has 0 aliphatic heterocycles. The average molecular weight is 385 g/mol. The molecule has 7 heteroatoms. The van der Waals surface area contributed by atoms with Crippen LogP contribution < -0.4 is 10.6 Å². The number of nitrogens with zero attached hydrogens (tertiary/aromatic N) is 1. The molecular formula is C21H27N3O4. The summed E-state index contributed by atoms with van der Waals surface area (Å²) >= 11 is 0. The van der Waals surface area contributed by atoms with Gasteiger partial charge in [-0.1, -0.05) is 25.0 Å². The number of amides is 2. The fraction of sp³-hybridized carbons (Fsp3) is 0.524. The molecule has 1 saturated carbocycles. The van der Waals surface area contributed by atoms with Crippen LogP contribution in [0.3, 0.4) is 0 Å². The van der Waals surface area contributed by atoms with Gasteiger partial charge in [-0.2, -0.15) is 5.26 Å². The maximum absolute atomic E-state index is 12.7. The Hall–Kier alpha value is -2.88. The van der Waals surface area contributed by atoms with Gasteiger partial charge in [-0.25, -0.2) is 0 Å². The topological polar surface area (TPSA) is 108 Å². The number of ether oxygens (including phenoxy) is 1. The second-order valence-electron chi connectivity index (χ2n) is 8.24. The monoisotopic (exact) mass is 385 g/mol. The van der Waals surface area contributed by atoms with Gasteiger partial charge in [0.2, 0.25) is 5.91 Å². The maximum atomic E-state index is 12.7. The normalized spacial score (nSPS) is 15.4. The molecule has 1 aliphatic carbocycles. The van der Waals surface area contributed by atoms with Gasteiger partial charge in [0.05, 0.1) is 16.7 Å². The van der Waals surface area contributed by atoms with Crippen molar-refractivity contribution in [3.05, 3.63) is 29.8 Å². The van der Waals surface area contributed by atoms with E-state index < -0.39 is 23.9 Å². The first-order valence-corrected chi connectivity index (χ1v) is 9.42. The van der Waals surface area contributed by atoms with Crippen LogP contribution in [0.5, 0.6) is 0 Å². The Bertz CT molecular complexity index is 784. The summed E-state index contributed by atoms with van der Waals surface area (Å²) in [5, 5.41) is 14.5. The second kappa shape index (κ2) is 8.87. The Balaban J connectivity index is 1.96. The predicted octanol–water partition coefficient (Wildman–Crippen LogP) is 2.91. The van der Waals surface area contributed by atoms with E-state index >= 15 is 0 Å².